The first-order valence-electron chi connectivity index (χ1n) is 12.1. The number of fused-ring (bicyclic) bond motifs is 1. The first-order valence-corrected chi connectivity index (χ1v) is 12.1. The number of hydrogen-bond donors (Lipinski definition) is 1. The Balaban J connectivity index is 1.42. The zero-order valence-corrected chi connectivity index (χ0v) is 19.4. The number of nitrogens with zero attached hydrogens (tertiary/aromatic N) is 2. The Kier molecular flexibility index (Phi) is 7.81. The largest absolute Gasteiger partial charge is 0.378 e. The number of ether oxygens (including phenoxy) is 2. The van der Waals surface area contributed by atoms with Gasteiger partial charge in [0.15, 0.2) is 0 Å². The minimum Gasteiger partial charge on any atom is -0.378 e. The Hall–Kier alpha value is -1.96. The summed E-state index contributed by atoms with van der Waals surface area (Å²) in [4.78, 5) is 29.9. The molecule has 3 saturated heterocycles. The van der Waals surface area contributed by atoms with Crippen molar-refractivity contribution >= 4 is 11.8 Å². The highest BCUT2D eigenvalue weighted by Gasteiger charge is 2.51. The maximum atomic E-state index is 12.9. The summed E-state index contributed by atoms with van der Waals surface area (Å²) in [5.41, 5.74) is 1.32. The normalized spacial score (nSPS) is 28.2. The van der Waals surface area contributed by atoms with Gasteiger partial charge >= 0.3 is 0 Å². The molecule has 2 amide bonds. The van der Waals surface area contributed by atoms with Crippen LogP contribution in [0.4, 0.5) is 0 Å². The Morgan fingerprint density at radius 1 is 1.12 bits per heavy atom. The van der Waals surface area contributed by atoms with Gasteiger partial charge in [0.25, 0.3) is 0 Å². The van der Waals surface area contributed by atoms with E-state index in [4.69, 9.17) is 9.47 Å². The van der Waals surface area contributed by atoms with Gasteiger partial charge in [0, 0.05) is 50.6 Å². The van der Waals surface area contributed by atoms with E-state index in [0.29, 0.717) is 45.8 Å². The fourth-order valence-electron chi connectivity index (χ4n) is 5.52. The topological polar surface area (TPSA) is 71.1 Å². The fourth-order valence-corrected chi connectivity index (χ4v) is 5.52. The average Bonchev–Trinajstić information content (AvgIpc) is 3.34. The van der Waals surface area contributed by atoms with Crippen LogP contribution in [0, 0.1) is 11.8 Å². The molecule has 0 radical (unpaired) electrons. The highest BCUT2D eigenvalue weighted by Crippen LogP contribution is 2.41. The van der Waals surface area contributed by atoms with E-state index in [9.17, 15) is 9.59 Å². The Labute approximate surface area is 191 Å². The average molecular weight is 444 g/mol. The van der Waals surface area contributed by atoms with Gasteiger partial charge in [-0.1, -0.05) is 30.3 Å². The number of rotatable bonds is 8. The number of carbonyl (C=O) groups excluding carboxylic acids is 2. The van der Waals surface area contributed by atoms with Crippen molar-refractivity contribution < 1.29 is 19.1 Å². The molecule has 3 aliphatic heterocycles. The number of nitrogens with one attached hydrogen (secondary N) is 1. The number of morpholine rings is 1. The molecule has 3 heterocycles. The highest BCUT2D eigenvalue weighted by molar-refractivity contribution is 5.77. The van der Waals surface area contributed by atoms with Crippen LogP contribution >= 0.6 is 0 Å². The van der Waals surface area contributed by atoms with Gasteiger partial charge in [0.2, 0.25) is 11.8 Å². The van der Waals surface area contributed by atoms with E-state index in [2.05, 4.69) is 34.5 Å². The van der Waals surface area contributed by atoms with Crippen molar-refractivity contribution in [1.29, 1.82) is 0 Å². The zero-order valence-electron chi connectivity index (χ0n) is 19.4. The lowest BCUT2D eigenvalue weighted by atomic mass is 9.84. The van der Waals surface area contributed by atoms with Gasteiger partial charge < -0.3 is 19.7 Å². The molecule has 1 aromatic rings. The van der Waals surface area contributed by atoms with E-state index in [1.807, 2.05) is 24.8 Å². The predicted octanol–water partition coefficient (Wildman–Crippen LogP) is 1.71. The SMILES string of the molecule is CC(C)NC(=O)C[C@@H]1CN(CCc2ccccc2)[C@@H]2CO[C@@H](CC(=O)N3CCOCC3)[C@H]12. The lowest BCUT2D eigenvalue weighted by Gasteiger charge is -2.29. The number of benzene rings is 1. The van der Waals surface area contributed by atoms with Crippen LogP contribution in [-0.4, -0.2) is 85.8 Å². The summed E-state index contributed by atoms with van der Waals surface area (Å²) >= 11 is 0. The smallest absolute Gasteiger partial charge is 0.225 e. The van der Waals surface area contributed by atoms with E-state index in [-0.39, 0.29) is 41.8 Å². The molecule has 0 aromatic heterocycles. The second-order valence-corrected chi connectivity index (χ2v) is 9.63. The molecule has 1 aromatic carbocycles. The van der Waals surface area contributed by atoms with Crippen molar-refractivity contribution in [3.8, 4) is 0 Å². The Morgan fingerprint density at radius 3 is 2.59 bits per heavy atom. The summed E-state index contributed by atoms with van der Waals surface area (Å²) in [6.45, 7) is 8.98. The lowest BCUT2D eigenvalue weighted by molar-refractivity contribution is -0.138. The Bertz CT molecular complexity index is 766. The van der Waals surface area contributed by atoms with Crippen LogP contribution in [0.3, 0.4) is 0 Å². The van der Waals surface area contributed by atoms with Gasteiger partial charge in [-0.3, -0.25) is 14.5 Å². The van der Waals surface area contributed by atoms with E-state index < -0.39 is 0 Å². The summed E-state index contributed by atoms with van der Waals surface area (Å²) in [5, 5.41) is 3.04. The molecule has 1 N–H and O–H groups in total. The molecule has 7 heteroatoms. The van der Waals surface area contributed by atoms with Gasteiger partial charge in [0.05, 0.1) is 32.3 Å². The molecule has 7 nitrogen and oxygen atoms in total. The maximum absolute atomic E-state index is 12.9. The first kappa shape index (κ1) is 23.2. The molecule has 0 spiro atoms. The van der Waals surface area contributed by atoms with Crippen LogP contribution in [0.1, 0.15) is 32.3 Å². The second kappa shape index (κ2) is 10.8. The van der Waals surface area contributed by atoms with E-state index >= 15 is 0 Å². The van der Waals surface area contributed by atoms with Gasteiger partial charge in [-0.25, -0.2) is 0 Å². The van der Waals surface area contributed by atoms with Gasteiger partial charge in [0.1, 0.15) is 0 Å². The van der Waals surface area contributed by atoms with Gasteiger partial charge in [-0.15, -0.1) is 0 Å². The standard InChI is InChI=1S/C25H37N3O4/c1-18(2)26-23(29)14-20-16-28(9-8-19-6-4-3-5-7-19)21-17-32-22(25(20)21)15-24(30)27-10-12-31-13-11-27/h3-7,18,20-22,25H,8-17H2,1-2H3,(H,26,29)/t20-,21-,22+,25-/m1/s1. The third-order valence-corrected chi connectivity index (χ3v) is 7.00. The molecule has 0 bridgehead atoms. The number of carbonyl (C=O) groups is 2. The molecule has 4 rings (SSSR count). The second-order valence-electron chi connectivity index (χ2n) is 9.63. The van der Waals surface area contributed by atoms with Crippen molar-refractivity contribution in [3.05, 3.63) is 35.9 Å². The molecule has 32 heavy (non-hydrogen) atoms. The molecule has 0 aliphatic carbocycles. The summed E-state index contributed by atoms with van der Waals surface area (Å²) in [7, 11) is 0. The molecular formula is C25H37N3O4. The molecule has 3 fully saturated rings. The minimum absolute atomic E-state index is 0.0961. The van der Waals surface area contributed by atoms with Crippen molar-refractivity contribution in [2.24, 2.45) is 11.8 Å². The molecule has 0 unspecified atom stereocenters. The molecule has 4 atom stereocenters. The summed E-state index contributed by atoms with van der Waals surface area (Å²) in [6.07, 6.45) is 1.75. The van der Waals surface area contributed by atoms with Crippen molar-refractivity contribution in [3.63, 3.8) is 0 Å². The van der Waals surface area contributed by atoms with Crippen LogP contribution in [0.5, 0.6) is 0 Å². The first-order chi connectivity index (χ1) is 15.5. The number of hydrogen-bond acceptors (Lipinski definition) is 5. The lowest BCUT2D eigenvalue weighted by Crippen LogP contribution is -2.43. The molecule has 3 aliphatic rings. The van der Waals surface area contributed by atoms with Crippen molar-refractivity contribution in [2.75, 3.05) is 46.0 Å². The molecular weight excluding hydrogens is 406 g/mol. The Morgan fingerprint density at radius 2 is 1.88 bits per heavy atom. The van der Waals surface area contributed by atoms with Gasteiger partial charge in [-0.2, -0.15) is 0 Å². The van der Waals surface area contributed by atoms with Crippen molar-refractivity contribution in [1.82, 2.24) is 15.1 Å². The van der Waals surface area contributed by atoms with E-state index in [1.54, 1.807) is 0 Å². The number of likely N-dealkylation sites (tertiary alicyclic amines) is 1. The summed E-state index contributed by atoms with van der Waals surface area (Å²) < 4.78 is 11.6. The maximum Gasteiger partial charge on any atom is 0.225 e. The van der Waals surface area contributed by atoms with E-state index in [0.717, 1.165) is 19.5 Å². The van der Waals surface area contributed by atoms with Gasteiger partial charge in [-0.05, 0) is 31.7 Å². The van der Waals surface area contributed by atoms with Crippen LogP contribution in [-0.2, 0) is 25.5 Å². The molecule has 0 saturated carbocycles. The predicted molar refractivity (Wildman–Crippen MR) is 122 cm³/mol. The monoisotopic (exact) mass is 443 g/mol. The quantitative estimate of drug-likeness (QED) is 0.662. The third kappa shape index (κ3) is 5.69. The van der Waals surface area contributed by atoms with E-state index in [1.165, 1.54) is 5.56 Å². The van der Waals surface area contributed by atoms with Crippen molar-refractivity contribution in [2.45, 2.75) is 51.3 Å². The fraction of sp³-hybridized carbons (Fsp3) is 0.680. The summed E-state index contributed by atoms with van der Waals surface area (Å²) in [5.74, 6) is 0.666. The van der Waals surface area contributed by atoms with Crippen LogP contribution in [0.15, 0.2) is 30.3 Å². The minimum atomic E-state index is -0.117. The van der Waals surface area contributed by atoms with Crippen LogP contribution in [0.2, 0.25) is 0 Å². The zero-order chi connectivity index (χ0) is 22.5. The van der Waals surface area contributed by atoms with Crippen LogP contribution < -0.4 is 5.32 Å². The number of amides is 2. The highest BCUT2D eigenvalue weighted by atomic mass is 16.5. The van der Waals surface area contributed by atoms with Crippen LogP contribution in [0.25, 0.3) is 0 Å². The molecule has 176 valence electrons. The summed E-state index contributed by atoms with van der Waals surface area (Å²) in [6, 6.07) is 10.9. The third-order valence-electron chi connectivity index (χ3n) is 7.00.